The van der Waals surface area contributed by atoms with Crippen LogP contribution in [0.25, 0.3) is 0 Å². The molecule has 2 atom stereocenters. The molecule has 0 aromatic heterocycles. The van der Waals surface area contributed by atoms with Gasteiger partial charge in [0.1, 0.15) is 0 Å². The molecule has 0 heterocycles. The Morgan fingerprint density at radius 1 is 1.39 bits per heavy atom. The van der Waals surface area contributed by atoms with E-state index >= 15 is 0 Å². The molecule has 1 aromatic carbocycles. The summed E-state index contributed by atoms with van der Waals surface area (Å²) in [5, 5.41) is 3.63. The molecule has 100 valence electrons. The summed E-state index contributed by atoms with van der Waals surface area (Å²) >= 11 is 6.07. The number of halogens is 1. The Balaban J connectivity index is 3.06. The summed E-state index contributed by atoms with van der Waals surface area (Å²) in [5.74, 6) is -0.406. The summed E-state index contributed by atoms with van der Waals surface area (Å²) in [6.07, 6.45) is -0.374. The van der Waals surface area contributed by atoms with Crippen LogP contribution < -0.4 is 5.32 Å². The Morgan fingerprint density at radius 2 is 2.00 bits per heavy atom. The lowest BCUT2D eigenvalue weighted by Gasteiger charge is -2.33. The van der Waals surface area contributed by atoms with Gasteiger partial charge < -0.3 is 14.8 Å². The fourth-order valence-corrected chi connectivity index (χ4v) is 1.79. The van der Waals surface area contributed by atoms with Crippen LogP contribution in [0.2, 0.25) is 5.02 Å². The highest BCUT2D eigenvalue weighted by Crippen LogP contribution is 2.27. The summed E-state index contributed by atoms with van der Waals surface area (Å²) in [4.78, 5) is 11.9. The summed E-state index contributed by atoms with van der Waals surface area (Å²) in [7, 11) is 2.89. The molecule has 0 aliphatic rings. The van der Waals surface area contributed by atoms with Crippen LogP contribution >= 0.6 is 11.6 Å². The lowest BCUT2D eigenvalue weighted by molar-refractivity contribution is -0.149. The van der Waals surface area contributed by atoms with Gasteiger partial charge in [0.25, 0.3) is 0 Å². The van der Waals surface area contributed by atoms with E-state index < -0.39 is 11.5 Å². The van der Waals surface area contributed by atoms with Gasteiger partial charge in [-0.25, -0.2) is 4.79 Å². The lowest BCUT2D eigenvalue weighted by Crippen LogP contribution is -2.53. The normalized spacial score (nSPS) is 15.6. The molecule has 0 fully saturated rings. The topological polar surface area (TPSA) is 47.6 Å². The van der Waals surface area contributed by atoms with Crippen molar-refractivity contribution in [2.75, 3.05) is 19.5 Å². The first-order valence-electron chi connectivity index (χ1n) is 5.59. The number of nitrogens with one attached hydrogen (secondary N) is 1. The SMILES string of the molecule is COC(=O)C(C)(Nc1ccccc1Cl)C(C)OC. The smallest absolute Gasteiger partial charge is 0.333 e. The first-order valence-corrected chi connectivity index (χ1v) is 5.97. The van der Waals surface area contributed by atoms with Crippen molar-refractivity contribution in [1.29, 1.82) is 0 Å². The Bertz CT molecular complexity index is 424. The average molecular weight is 272 g/mol. The zero-order valence-corrected chi connectivity index (χ0v) is 11.7. The van der Waals surface area contributed by atoms with Crippen molar-refractivity contribution in [2.24, 2.45) is 0 Å². The Labute approximate surface area is 112 Å². The number of methoxy groups -OCH3 is 2. The molecule has 0 amide bonds. The third-order valence-corrected chi connectivity index (χ3v) is 3.37. The summed E-state index contributed by atoms with van der Waals surface area (Å²) in [5.41, 5.74) is -0.343. The van der Waals surface area contributed by atoms with Gasteiger partial charge in [-0.05, 0) is 26.0 Å². The standard InChI is InChI=1S/C13H18ClNO3/c1-9(17-3)13(2,12(16)18-4)15-11-8-6-5-7-10(11)14/h5-9,15H,1-4H3. The quantitative estimate of drug-likeness (QED) is 0.837. The van der Waals surface area contributed by atoms with E-state index in [-0.39, 0.29) is 6.10 Å². The summed E-state index contributed by atoms with van der Waals surface area (Å²) in [6, 6.07) is 7.21. The van der Waals surface area contributed by atoms with Crippen LogP contribution in [0.4, 0.5) is 5.69 Å². The van der Waals surface area contributed by atoms with Crippen LogP contribution in [0.5, 0.6) is 0 Å². The van der Waals surface area contributed by atoms with Gasteiger partial charge in [0.15, 0.2) is 5.54 Å². The number of carbonyl (C=O) groups is 1. The van der Waals surface area contributed by atoms with Crippen molar-refractivity contribution in [1.82, 2.24) is 0 Å². The molecular formula is C13H18ClNO3. The molecule has 0 bridgehead atoms. The number of esters is 1. The number of carbonyl (C=O) groups excluding carboxylic acids is 1. The highest BCUT2D eigenvalue weighted by Gasteiger charge is 2.41. The Kier molecular flexibility index (Phi) is 4.99. The van der Waals surface area contributed by atoms with E-state index in [0.29, 0.717) is 10.7 Å². The number of hydrogen-bond acceptors (Lipinski definition) is 4. The molecule has 2 unspecified atom stereocenters. The highest BCUT2D eigenvalue weighted by atomic mass is 35.5. The van der Waals surface area contributed by atoms with Crippen LogP contribution in [0, 0.1) is 0 Å². The van der Waals surface area contributed by atoms with Gasteiger partial charge in [-0.2, -0.15) is 0 Å². The molecule has 1 N–H and O–H groups in total. The maximum Gasteiger partial charge on any atom is 0.333 e. The van der Waals surface area contributed by atoms with Gasteiger partial charge in [0.05, 0.1) is 23.9 Å². The van der Waals surface area contributed by atoms with Gasteiger partial charge in [0, 0.05) is 7.11 Å². The van der Waals surface area contributed by atoms with Gasteiger partial charge in [-0.1, -0.05) is 23.7 Å². The number of anilines is 1. The lowest BCUT2D eigenvalue weighted by atomic mass is 9.95. The van der Waals surface area contributed by atoms with E-state index in [0.717, 1.165) is 0 Å². The minimum absolute atomic E-state index is 0.374. The zero-order valence-electron chi connectivity index (χ0n) is 11.0. The fraction of sp³-hybridized carbons (Fsp3) is 0.462. The molecule has 0 spiro atoms. The fourth-order valence-electron chi connectivity index (χ4n) is 1.61. The summed E-state index contributed by atoms with van der Waals surface area (Å²) in [6.45, 7) is 3.51. The van der Waals surface area contributed by atoms with Crippen LogP contribution in [-0.2, 0) is 14.3 Å². The van der Waals surface area contributed by atoms with E-state index in [9.17, 15) is 4.79 Å². The second-order valence-corrected chi connectivity index (χ2v) is 4.58. The van der Waals surface area contributed by atoms with Crippen LogP contribution in [-0.4, -0.2) is 31.8 Å². The van der Waals surface area contributed by atoms with Crippen molar-refractivity contribution in [3.8, 4) is 0 Å². The van der Waals surface area contributed by atoms with Crippen molar-refractivity contribution < 1.29 is 14.3 Å². The molecule has 0 radical (unpaired) electrons. The molecule has 0 aliphatic carbocycles. The molecule has 4 nitrogen and oxygen atoms in total. The van der Waals surface area contributed by atoms with Crippen LogP contribution in [0.15, 0.2) is 24.3 Å². The second-order valence-electron chi connectivity index (χ2n) is 4.18. The van der Waals surface area contributed by atoms with E-state index in [1.165, 1.54) is 7.11 Å². The average Bonchev–Trinajstić information content (AvgIpc) is 2.39. The molecule has 0 saturated heterocycles. The first-order chi connectivity index (χ1) is 8.45. The molecule has 18 heavy (non-hydrogen) atoms. The van der Waals surface area contributed by atoms with Gasteiger partial charge in [-0.3, -0.25) is 0 Å². The van der Waals surface area contributed by atoms with Crippen molar-refractivity contribution in [3.63, 3.8) is 0 Å². The second kappa shape index (κ2) is 6.07. The first kappa shape index (κ1) is 14.8. The van der Waals surface area contributed by atoms with Crippen LogP contribution in [0.1, 0.15) is 13.8 Å². The van der Waals surface area contributed by atoms with Crippen molar-refractivity contribution in [3.05, 3.63) is 29.3 Å². The monoisotopic (exact) mass is 271 g/mol. The third kappa shape index (κ3) is 2.94. The number of hydrogen-bond donors (Lipinski definition) is 1. The van der Waals surface area contributed by atoms with Crippen molar-refractivity contribution in [2.45, 2.75) is 25.5 Å². The molecule has 0 saturated carbocycles. The number of para-hydroxylation sites is 1. The molecule has 1 aromatic rings. The number of ether oxygens (including phenoxy) is 2. The Hall–Kier alpha value is -1.26. The summed E-state index contributed by atoms with van der Waals surface area (Å²) < 4.78 is 10.1. The Morgan fingerprint density at radius 3 is 2.50 bits per heavy atom. The largest absolute Gasteiger partial charge is 0.467 e. The minimum Gasteiger partial charge on any atom is -0.467 e. The highest BCUT2D eigenvalue weighted by molar-refractivity contribution is 6.33. The molecule has 0 aliphatic heterocycles. The molecule has 5 heteroatoms. The van der Waals surface area contributed by atoms with Crippen molar-refractivity contribution >= 4 is 23.3 Å². The van der Waals surface area contributed by atoms with E-state index in [1.54, 1.807) is 33.1 Å². The van der Waals surface area contributed by atoms with E-state index in [4.69, 9.17) is 21.1 Å². The predicted octanol–water partition coefficient (Wildman–Crippen LogP) is 2.72. The van der Waals surface area contributed by atoms with Crippen LogP contribution in [0.3, 0.4) is 0 Å². The van der Waals surface area contributed by atoms with Gasteiger partial charge >= 0.3 is 5.97 Å². The third-order valence-electron chi connectivity index (χ3n) is 3.04. The zero-order chi connectivity index (χ0) is 13.8. The van der Waals surface area contributed by atoms with Gasteiger partial charge in [0.2, 0.25) is 0 Å². The molecule has 1 rings (SSSR count). The van der Waals surface area contributed by atoms with E-state index in [1.807, 2.05) is 12.1 Å². The predicted molar refractivity (Wildman–Crippen MR) is 72.0 cm³/mol. The maximum atomic E-state index is 11.9. The van der Waals surface area contributed by atoms with E-state index in [2.05, 4.69) is 5.32 Å². The minimum atomic E-state index is -1.01. The molecular weight excluding hydrogens is 254 g/mol. The maximum absolute atomic E-state index is 11.9. The number of benzene rings is 1. The van der Waals surface area contributed by atoms with Gasteiger partial charge in [-0.15, -0.1) is 0 Å². The number of rotatable bonds is 5.